The Kier molecular flexibility index (Phi) is 6.53. The number of allylic oxidation sites excluding steroid dienone is 1. The zero-order chi connectivity index (χ0) is 21.0. The molecule has 1 aromatic carbocycles. The van der Waals surface area contributed by atoms with Crippen molar-refractivity contribution in [3.8, 4) is 0 Å². The van der Waals surface area contributed by atoms with Crippen LogP contribution < -0.4 is 10.6 Å². The van der Waals surface area contributed by atoms with Crippen LogP contribution in [0.4, 0.5) is 10.5 Å². The Morgan fingerprint density at radius 3 is 2.69 bits per heavy atom. The maximum Gasteiger partial charge on any atom is 0.338 e. The second-order valence-electron chi connectivity index (χ2n) is 7.31. The molecular weight excluding hydrogens is 374 g/mol. The van der Waals surface area contributed by atoms with Gasteiger partial charge in [0.25, 0.3) is 0 Å². The Labute approximate surface area is 170 Å². The van der Waals surface area contributed by atoms with Crippen molar-refractivity contribution in [3.63, 3.8) is 0 Å². The summed E-state index contributed by atoms with van der Waals surface area (Å²) in [5.41, 5.74) is 2.20. The lowest BCUT2D eigenvalue weighted by molar-refractivity contribution is -0.141. The van der Waals surface area contributed by atoms with Crippen LogP contribution >= 0.6 is 0 Å². The molecule has 1 fully saturated rings. The lowest BCUT2D eigenvalue weighted by Crippen LogP contribution is -2.46. The van der Waals surface area contributed by atoms with Gasteiger partial charge in [-0.25, -0.2) is 9.59 Å². The van der Waals surface area contributed by atoms with E-state index in [9.17, 15) is 14.4 Å². The number of nitrogens with zero attached hydrogens (tertiary/aromatic N) is 1. The molecule has 1 aromatic rings. The number of hydrogen-bond acceptors (Lipinski definition) is 5. The first kappa shape index (κ1) is 20.9. The molecule has 1 saturated carbocycles. The van der Waals surface area contributed by atoms with Crippen molar-refractivity contribution >= 4 is 23.6 Å². The molecule has 1 atom stereocenters. The van der Waals surface area contributed by atoms with Gasteiger partial charge in [0.15, 0.2) is 0 Å². The lowest BCUT2D eigenvalue weighted by atomic mass is 9.85. The van der Waals surface area contributed by atoms with Gasteiger partial charge in [-0.1, -0.05) is 18.6 Å². The van der Waals surface area contributed by atoms with Gasteiger partial charge in [-0.05, 0) is 37.5 Å². The number of urea groups is 1. The van der Waals surface area contributed by atoms with E-state index in [1.54, 1.807) is 32.2 Å². The molecule has 1 aliphatic heterocycles. The van der Waals surface area contributed by atoms with Gasteiger partial charge in [0.1, 0.15) is 6.61 Å². The number of benzene rings is 1. The third-order valence-corrected chi connectivity index (χ3v) is 5.46. The van der Waals surface area contributed by atoms with Crippen molar-refractivity contribution in [1.29, 1.82) is 0 Å². The maximum absolute atomic E-state index is 12.7. The van der Waals surface area contributed by atoms with Gasteiger partial charge in [0.05, 0.1) is 18.2 Å². The van der Waals surface area contributed by atoms with Gasteiger partial charge in [-0.3, -0.25) is 4.79 Å². The Balaban J connectivity index is 1.85. The highest BCUT2D eigenvalue weighted by Gasteiger charge is 2.35. The quantitative estimate of drug-likeness (QED) is 0.541. The Hall–Kier alpha value is -2.87. The predicted octanol–water partition coefficient (Wildman–Crippen LogP) is 2.58. The van der Waals surface area contributed by atoms with Crippen molar-refractivity contribution in [1.82, 2.24) is 10.2 Å². The normalized spacial score (nSPS) is 19.5. The average Bonchev–Trinajstić information content (AvgIpc) is 2.64. The second-order valence-corrected chi connectivity index (χ2v) is 7.31. The molecule has 0 radical (unpaired) electrons. The standard InChI is InChI=1S/C21H27N3O5/c1-13-17(20(26)29-11-10-28-3)18(23-21(27)24(13)2)15-8-5-9-16(12-15)22-19(25)14-6-4-7-14/h5,8-9,12,14,18H,4,6-7,10-11H2,1-3H3,(H,22,25)(H,23,27)/t18-/m0/s1. The summed E-state index contributed by atoms with van der Waals surface area (Å²) in [5, 5.41) is 5.77. The van der Waals surface area contributed by atoms with Gasteiger partial charge in [0, 0.05) is 31.5 Å². The number of amides is 3. The molecule has 1 aliphatic carbocycles. The summed E-state index contributed by atoms with van der Waals surface area (Å²) < 4.78 is 10.2. The van der Waals surface area contributed by atoms with Gasteiger partial charge >= 0.3 is 12.0 Å². The molecule has 2 aliphatic rings. The SMILES string of the molecule is COCCOC(=O)C1=C(C)N(C)C(=O)N[C@H]1c1cccc(NC(=O)C2CCC2)c1. The van der Waals surface area contributed by atoms with Crippen LogP contribution in [0.3, 0.4) is 0 Å². The summed E-state index contributed by atoms with van der Waals surface area (Å²) in [4.78, 5) is 38.7. The molecule has 2 N–H and O–H groups in total. The summed E-state index contributed by atoms with van der Waals surface area (Å²) in [6, 6.07) is 6.19. The van der Waals surface area contributed by atoms with Crippen LogP contribution in [0.5, 0.6) is 0 Å². The second kappa shape index (κ2) is 9.09. The molecule has 0 unspecified atom stereocenters. The van der Waals surface area contributed by atoms with E-state index >= 15 is 0 Å². The minimum atomic E-state index is -0.672. The van der Waals surface area contributed by atoms with Gasteiger partial charge in [0.2, 0.25) is 5.91 Å². The van der Waals surface area contributed by atoms with Crippen LogP contribution in [-0.4, -0.2) is 50.2 Å². The molecule has 0 aromatic heterocycles. The highest BCUT2D eigenvalue weighted by molar-refractivity contribution is 5.95. The minimum Gasteiger partial charge on any atom is -0.460 e. The molecule has 0 saturated heterocycles. The van der Waals surface area contributed by atoms with Crippen LogP contribution in [-0.2, 0) is 19.1 Å². The van der Waals surface area contributed by atoms with Crippen LogP contribution in [0.2, 0.25) is 0 Å². The highest BCUT2D eigenvalue weighted by atomic mass is 16.6. The molecule has 29 heavy (non-hydrogen) atoms. The fourth-order valence-corrected chi connectivity index (χ4v) is 3.36. The maximum atomic E-state index is 12.7. The van der Waals surface area contributed by atoms with Crippen molar-refractivity contribution in [2.75, 3.05) is 32.7 Å². The third kappa shape index (κ3) is 4.59. The van der Waals surface area contributed by atoms with E-state index in [-0.39, 0.29) is 31.1 Å². The molecule has 0 bridgehead atoms. The molecule has 1 heterocycles. The van der Waals surface area contributed by atoms with Crippen LogP contribution in [0.15, 0.2) is 35.5 Å². The number of esters is 1. The fraction of sp³-hybridized carbons (Fsp3) is 0.476. The zero-order valence-electron chi connectivity index (χ0n) is 17.0. The zero-order valence-corrected chi connectivity index (χ0v) is 17.0. The Bertz CT molecular complexity index is 831. The summed E-state index contributed by atoms with van der Waals surface area (Å²) in [6.45, 7) is 2.11. The predicted molar refractivity (Wildman–Crippen MR) is 107 cm³/mol. The van der Waals surface area contributed by atoms with E-state index in [1.807, 2.05) is 6.07 Å². The van der Waals surface area contributed by atoms with E-state index in [2.05, 4.69) is 10.6 Å². The van der Waals surface area contributed by atoms with Gasteiger partial charge in [-0.2, -0.15) is 0 Å². The van der Waals surface area contributed by atoms with Crippen molar-refractivity contribution in [2.45, 2.75) is 32.2 Å². The van der Waals surface area contributed by atoms with E-state index in [0.717, 1.165) is 19.3 Å². The van der Waals surface area contributed by atoms with Crippen molar-refractivity contribution in [2.24, 2.45) is 5.92 Å². The van der Waals surface area contributed by atoms with Crippen LogP contribution in [0.1, 0.15) is 37.8 Å². The molecular formula is C21H27N3O5. The number of carbonyl (C=O) groups excluding carboxylic acids is 3. The monoisotopic (exact) mass is 401 g/mol. The number of methoxy groups -OCH3 is 1. The van der Waals surface area contributed by atoms with E-state index in [4.69, 9.17) is 9.47 Å². The highest BCUT2D eigenvalue weighted by Crippen LogP contribution is 2.32. The lowest BCUT2D eigenvalue weighted by Gasteiger charge is -2.33. The third-order valence-electron chi connectivity index (χ3n) is 5.46. The van der Waals surface area contributed by atoms with Gasteiger partial charge < -0.3 is 25.0 Å². The van der Waals surface area contributed by atoms with Gasteiger partial charge in [-0.15, -0.1) is 0 Å². The van der Waals surface area contributed by atoms with Crippen LogP contribution in [0, 0.1) is 5.92 Å². The largest absolute Gasteiger partial charge is 0.460 e. The molecule has 3 amide bonds. The summed E-state index contributed by atoms with van der Waals surface area (Å²) in [5.74, 6) is -0.442. The summed E-state index contributed by atoms with van der Waals surface area (Å²) >= 11 is 0. The van der Waals surface area contributed by atoms with Crippen LogP contribution in [0.25, 0.3) is 0 Å². The van der Waals surface area contributed by atoms with E-state index < -0.39 is 12.0 Å². The van der Waals surface area contributed by atoms with E-state index in [0.29, 0.717) is 22.5 Å². The van der Waals surface area contributed by atoms with E-state index in [1.165, 1.54) is 12.0 Å². The molecule has 8 heteroatoms. The molecule has 0 spiro atoms. The smallest absolute Gasteiger partial charge is 0.338 e. The number of hydrogen-bond donors (Lipinski definition) is 2. The summed E-state index contributed by atoms with van der Waals surface area (Å²) in [7, 11) is 3.12. The summed E-state index contributed by atoms with van der Waals surface area (Å²) in [6.07, 6.45) is 2.91. The number of ether oxygens (including phenoxy) is 2. The number of anilines is 1. The minimum absolute atomic E-state index is 0.00624. The molecule has 156 valence electrons. The average molecular weight is 401 g/mol. The number of nitrogens with one attached hydrogen (secondary N) is 2. The number of carbonyl (C=O) groups is 3. The number of rotatable bonds is 7. The first-order valence-electron chi connectivity index (χ1n) is 9.74. The topological polar surface area (TPSA) is 97.0 Å². The molecule has 3 rings (SSSR count). The molecule has 8 nitrogen and oxygen atoms in total. The van der Waals surface area contributed by atoms with Crippen molar-refractivity contribution < 1.29 is 23.9 Å². The Morgan fingerprint density at radius 2 is 2.03 bits per heavy atom. The van der Waals surface area contributed by atoms with Crippen molar-refractivity contribution in [3.05, 3.63) is 41.1 Å². The fourth-order valence-electron chi connectivity index (χ4n) is 3.36. The first-order chi connectivity index (χ1) is 13.9. The first-order valence-corrected chi connectivity index (χ1v) is 9.74. The Morgan fingerprint density at radius 1 is 1.28 bits per heavy atom.